The van der Waals surface area contributed by atoms with Gasteiger partial charge < -0.3 is 16.4 Å². The van der Waals surface area contributed by atoms with E-state index in [4.69, 9.17) is 5.73 Å². The molecule has 4 N–H and O–H groups in total. The Hall–Kier alpha value is -3.03. The number of unbranched alkanes of at least 4 members (excludes halogenated alkanes) is 1. The Morgan fingerprint density at radius 1 is 1.13 bits per heavy atom. The molecule has 2 unspecified atom stereocenters. The van der Waals surface area contributed by atoms with Crippen LogP contribution in [0.25, 0.3) is 0 Å². The van der Waals surface area contributed by atoms with Crippen molar-refractivity contribution in [3.05, 3.63) is 70.3 Å². The zero-order chi connectivity index (χ0) is 21.9. The number of fused-ring (bicyclic) bond motifs is 1. The standard InChI is InChI=1S/C22H24F3N3O2/c1-2-3-6-13-9-10-15(22(23,24)25)12-17(13)20(29)27-18-11-14-7-4-5-8-16(14)19(18)28-21(26)30/h4-5,7-10,12,18-19H,2-3,6,11H2,1H3,(H,27,29)(H3,26,28,30). The molecule has 1 aliphatic rings. The molecule has 0 spiro atoms. The first-order valence-corrected chi connectivity index (χ1v) is 9.85. The monoisotopic (exact) mass is 419 g/mol. The number of aryl methyl sites for hydroxylation is 1. The highest BCUT2D eigenvalue weighted by Crippen LogP contribution is 2.33. The van der Waals surface area contributed by atoms with Crippen LogP contribution in [0.15, 0.2) is 42.5 Å². The number of carbonyl (C=O) groups excluding carboxylic acids is 2. The van der Waals surface area contributed by atoms with E-state index in [2.05, 4.69) is 10.6 Å². The highest BCUT2D eigenvalue weighted by molar-refractivity contribution is 5.96. The molecule has 2 atom stereocenters. The fourth-order valence-corrected chi connectivity index (χ4v) is 3.86. The minimum Gasteiger partial charge on any atom is -0.352 e. The van der Waals surface area contributed by atoms with Crippen LogP contribution in [0.2, 0.25) is 0 Å². The number of urea groups is 1. The molecule has 30 heavy (non-hydrogen) atoms. The third kappa shape index (κ3) is 4.75. The van der Waals surface area contributed by atoms with Crippen LogP contribution in [0.1, 0.15) is 58.4 Å². The van der Waals surface area contributed by atoms with Crippen molar-refractivity contribution in [1.82, 2.24) is 10.6 Å². The average Bonchev–Trinajstić information content (AvgIpc) is 3.02. The van der Waals surface area contributed by atoms with Gasteiger partial charge in [-0.25, -0.2) is 4.79 Å². The largest absolute Gasteiger partial charge is 0.416 e. The lowest BCUT2D eigenvalue weighted by molar-refractivity contribution is -0.137. The lowest BCUT2D eigenvalue weighted by Gasteiger charge is -2.23. The number of rotatable bonds is 6. The van der Waals surface area contributed by atoms with Gasteiger partial charge in [-0.3, -0.25) is 4.79 Å². The minimum absolute atomic E-state index is 0.00653. The van der Waals surface area contributed by atoms with Gasteiger partial charge in [0.15, 0.2) is 0 Å². The molecule has 2 aromatic carbocycles. The first-order chi connectivity index (χ1) is 14.2. The molecular weight excluding hydrogens is 395 g/mol. The van der Waals surface area contributed by atoms with Crippen molar-refractivity contribution in [2.24, 2.45) is 5.73 Å². The Bertz CT molecular complexity index is 943. The summed E-state index contributed by atoms with van der Waals surface area (Å²) >= 11 is 0. The third-order valence-electron chi connectivity index (χ3n) is 5.33. The number of amides is 3. The molecule has 0 aromatic heterocycles. The van der Waals surface area contributed by atoms with Gasteiger partial charge in [0.2, 0.25) is 0 Å². The Morgan fingerprint density at radius 3 is 2.53 bits per heavy atom. The molecule has 0 aliphatic heterocycles. The Labute approximate surface area is 172 Å². The molecule has 5 nitrogen and oxygen atoms in total. The summed E-state index contributed by atoms with van der Waals surface area (Å²) in [6.45, 7) is 1.97. The van der Waals surface area contributed by atoms with Crippen molar-refractivity contribution in [2.75, 3.05) is 0 Å². The molecule has 0 radical (unpaired) electrons. The lowest BCUT2D eigenvalue weighted by Crippen LogP contribution is -2.46. The van der Waals surface area contributed by atoms with Gasteiger partial charge >= 0.3 is 12.2 Å². The second-order valence-electron chi connectivity index (χ2n) is 7.44. The number of primary amides is 1. The van der Waals surface area contributed by atoms with Crippen LogP contribution in [0.3, 0.4) is 0 Å². The summed E-state index contributed by atoms with van der Waals surface area (Å²) in [6, 6.07) is 8.85. The van der Waals surface area contributed by atoms with Crippen LogP contribution in [-0.2, 0) is 19.0 Å². The number of alkyl halides is 3. The average molecular weight is 419 g/mol. The van der Waals surface area contributed by atoms with E-state index in [1.54, 1.807) is 0 Å². The molecule has 2 aromatic rings. The highest BCUT2D eigenvalue weighted by atomic mass is 19.4. The molecule has 0 bridgehead atoms. The van der Waals surface area contributed by atoms with E-state index < -0.39 is 35.8 Å². The number of hydrogen-bond donors (Lipinski definition) is 3. The van der Waals surface area contributed by atoms with Crippen molar-refractivity contribution in [3.8, 4) is 0 Å². The van der Waals surface area contributed by atoms with Gasteiger partial charge in [-0.2, -0.15) is 13.2 Å². The normalized spacial score (nSPS) is 18.0. The maximum Gasteiger partial charge on any atom is 0.416 e. The Balaban J connectivity index is 1.89. The Kier molecular flexibility index (Phi) is 6.34. The summed E-state index contributed by atoms with van der Waals surface area (Å²) in [6.07, 6.45) is -1.99. The van der Waals surface area contributed by atoms with E-state index in [1.165, 1.54) is 6.07 Å². The molecule has 0 fully saturated rings. The molecule has 3 rings (SSSR count). The molecule has 0 saturated heterocycles. The lowest BCUT2D eigenvalue weighted by atomic mass is 9.98. The molecule has 0 saturated carbocycles. The van der Waals surface area contributed by atoms with Crippen molar-refractivity contribution in [3.63, 3.8) is 0 Å². The van der Waals surface area contributed by atoms with Crippen molar-refractivity contribution in [1.29, 1.82) is 0 Å². The minimum atomic E-state index is -4.54. The third-order valence-corrected chi connectivity index (χ3v) is 5.33. The van der Waals surface area contributed by atoms with Gasteiger partial charge in [0.1, 0.15) is 0 Å². The summed E-state index contributed by atoms with van der Waals surface area (Å²) in [5, 5.41) is 5.45. The van der Waals surface area contributed by atoms with Crippen molar-refractivity contribution < 1.29 is 22.8 Å². The van der Waals surface area contributed by atoms with Gasteiger partial charge in [-0.1, -0.05) is 43.7 Å². The van der Waals surface area contributed by atoms with Crippen LogP contribution in [0, 0.1) is 0 Å². The summed E-state index contributed by atoms with van der Waals surface area (Å²) < 4.78 is 39.6. The van der Waals surface area contributed by atoms with Crippen LogP contribution in [0.5, 0.6) is 0 Å². The van der Waals surface area contributed by atoms with Crippen LogP contribution in [0.4, 0.5) is 18.0 Å². The molecule has 3 amide bonds. The number of nitrogens with two attached hydrogens (primary N) is 1. The molecule has 160 valence electrons. The quantitative estimate of drug-likeness (QED) is 0.658. The maximum atomic E-state index is 13.2. The van der Waals surface area contributed by atoms with E-state index in [1.807, 2.05) is 31.2 Å². The van der Waals surface area contributed by atoms with E-state index in [-0.39, 0.29) is 5.56 Å². The first-order valence-electron chi connectivity index (χ1n) is 9.85. The number of nitrogens with one attached hydrogen (secondary N) is 2. The van der Waals surface area contributed by atoms with Gasteiger partial charge in [0.05, 0.1) is 17.6 Å². The fraction of sp³-hybridized carbons (Fsp3) is 0.364. The molecule has 8 heteroatoms. The number of benzene rings is 2. The predicted octanol–water partition coefficient (Wildman–Crippen LogP) is 4.11. The SMILES string of the molecule is CCCCc1ccc(C(F)(F)F)cc1C(=O)NC1Cc2ccccc2C1NC(N)=O. The van der Waals surface area contributed by atoms with Gasteiger partial charge in [0.25, 0.3) is 5.91 Å². The second-order valence-corrected chi connectivity index (χ2v) is 7.44. The topological polar surface area (TPSA) is 84.2 Å². The second kappa shape index (κ2) is 8.77. The molecule has 0 heterocycles. The zero-order valence-corrected chi connectivity index (χ0v) is 16.6. The van der Waals surface area contributed by atoms with Gasteiger partial charge in [-0.15, -0.1) is 0 Å². The van der Waals surface area contributed by atoms with Crippen LogP contribution >= 0.6 is 0 Å². The smallest absolute Gasteiger partial charge is 0.352 e. The summed E-state index contributed by atoms with van der Waals surface area (Å²) in [5.41, 5.74) is 6.77. The van der Waals surface area contributed by atoms with Crippen LogP contribution in [-0.4, -0.2) is 18.0 Å². The maximum absolute atomic E-state index is 13.2. The molecular formula is C22H24F3N3O2. The van der Waals surface area contributed by atoms with Crippen molar-refractivity contribution >= 4 is 11.9 Å². The Morgan fingerprint density at radius 2 is 1.87 bits per heavy atom. The van der Waals surface area contributed by atoms with E-state index in [0.29, 0.717) is 18.4 Å². The van der Waals surface area contributed by atoms with E-state index >= 15 is 0 Å². The highest BCUT2D eigenvalue weighted by Gasteiger charge is 2.35. The fourth-order valence-electron chi connectivity index (χ4n) is 3.86. The zero-order valence-electron chi connectivity index (χ0n) is 16.6. The van der Waals surface area contributed by atoms with Crippen LogP contribution < -0.4 is 16.4 Å². The number of carbonyl (C=O) groups is 2. The number of halogens is 3. The summed E-state index contributed by atoms with van der Waals surface area (Å²) in [5.74, 6) is -0.596. The first kappa shape index (κ1) is 21.7. The summed E-state index contributed by atoms with van der Waals surface area (Å²) in [7, 11) is 0. The number of hydrogen-bond acceptors (Lipinski definition) is 2. The molecule has 1 aliphatic carbocycles. The van der Waals surface area contributed by atoms with E-state index in [9.17, 15) is 22.8 Å². The predicted molar refractivity (Wildman–Crippen MR) is 107 cm³/mol. The van der Waals surface area contributed by atoms with Crippen molar-refractivity contribution in [2.45, 2.75) is 50.9 Å². The van der Waals surface area contributed by atoms with Gasteiger partial charge in [-0.05, 0) is 48.1 Å². The summed E-state index contributed by atoms with van der Waals surface area (Å²) in [4.78, 5) is 24.5. The van der Waals surface area contributed by atoms with Gasteiger partial charge in [0, 0.05) is 5.56 Å². The van der Waals surface area contributed by atoms with E-state index in [0.717, 1.165) is 36.1 Å².